The Kier molecular flexibility index (Phi) is 4.95. The number of carbonyl (C=O) groups is 1. The Labute approximate surface area is 104 Å². The highest BCUT2D eigenvalue weighted by molar-refractivity contribution is 5.85. The van der Waals surface area contributed by atoms with E-state index in [1.807, 2.05) is 14.1 Å². The Hall–Kier alpha value is -1.08. The van der Waals surface area contributed by atoms with Gasteiger partial charge in [0.15, 0.2) is 0 Å². The Morgan fingerprint density at radius 1 is 1.41 bits per heavy atom. The maximum Gasteiger partial charge on any atom is 0.240 e. The van der Waals surface area contributed by atoms with E-state index in [2.05, 4.69) is 23.2 Å². The lowest BCUT2D eigenvalue weighted by Crippen LogP contribution is -2.46. The molecule has 0 spiro atoms. The van der Waals surface area contributed by atoms with Gasteiger partial charge in [0.05, 0.1) is 6.07 Å². The number of hydrogen-bond acceptors (Lipinski definition) is 3. The summed E-state index contributed by atoms with van der Waals surface area (Å²) in [5.41, 5.74) is -0.760. The summed E-state index contributed by atoms with van der Waals surface area (Å²) in [4.78, 5) is 14.2. The molecule has 1 N–H and O–H groups in total. The van der Waals surface area contributed by atoms with Crippen LogP contribution in [0, 0.1) is 16.7 Å². The molecule has 1 unspecified atom stereocenters. The number of amides is 1. The van der Waals surface area contributed by atoms with Gasteiger partial charge >= 0.3 is 0 Å². The van der Waals surface area contributed by atoms with E-state index in [0.29, 0.717) is 25.4 Å². The van der Waals surface area contributed by atoms with Crippen molar-refractivity contribution in [3.63, 3.8) is 0 Å². The second kappa shape index (κ2) is 6.02. The fourth-order valence-electron chi connectivity index (χ4n) is 2.14. The molecule has 4 heteroatoms. The summed E-state index contributed by atoms with van der Waals surface area (Å²) < 4.78 is 0. The minimum absolute atomic E-state index is 0.0756. The number of likely N-dealkylation sites (N-methyl/N-ethyl adjacent to an activating group) is 1. The van der Waals surface area contributed by atoms with Gasteiger partial charge in [-0.3, -0.25) is 4.79 Å². The van der Waals surface area contributed by atoms with Crippen LogP contribution in [0.15, 0.2) is 0 Å². The zero-order valence-electron chi connectivity index (χ0n) is 11.1. The van der Waals surface area contributed by atoms with Crippen molar-refractivity contribution in [2.24, 2.45) is 5.41 Å². The van der Waals surface area contributed by atoms with E-state index in [1.165, 1.54) is 0 Å². The van der Waals surface area contributed by atoms with Crippen LogP contribution in [-0.2, 0) is 4.79 Å². The van der Waals surface area contributed by atoms with Crippen LogP contribution in [0.2, 0.25) is 0 Å². The molecule has 96 valence electrons. The minimum Gasteiger partial charge on any atom is -0.353 e. The van der Waals surface area contributed by atoms with Crippen molar-refractivity contribution in [2.75, 3.05) is 20.6 Å². The minimum atomic E-state index is -0.760. The van der Waals surface area contributed by atoms with Gasteiger partial charge in [-0.2, -0.15) is 5.26 Å². The molecule has 1 rings (SSSR count). The van der Waals surface area contributed by atoms with E-state index in [-0.39, 0.29) is 5.91 Å². The average molecular weight is 237 g/mol. The van der Waals surface area contributed by atoms with E-state index in [9.17, 15) is 10.1 Å². The molecule has 0 aromatic rings. The Morgan fingerprint density at radius 2 is 2.00 bits per heavy atom. The summed E-state index contributed by atoms with van der Waals surface area (Å²) in [5, 5.41) is 12.2. The van der Waals surface area contributed by atoms with E-state index in [0.717, 1.165) is 19.3 Å². The number of rotatable bonds is 4. The van der Waals surface area contributed by atoms with Crippen molar-refractivity contribution in [3.8, 4) is 6.07 Å². The summed E-state index contributed by atoms with van der Waals surface area (Å²) in [5.74, 6) is -0.0756. The molecule has 1 fully saturated rings. The third-order valence-electron chi connectivity index (χ3n) is 3.80. The van der Waals surface area contributed by atoms with Crippen LogP contribution < -0.4 is 5.32 Å². The molecule has 0 bridgehead atoms. The number of nitrogens with zero attached hydrogens (tertiary/aromatic N) is 2. The van der Waals surface area contributed by atoms with Crippen molar-refractivity contribution in [1.29, 1.82) is 5.26 Å². The van der Waals surface area contributed by atoms with Crippen molar-refractivity contribution in [3.05, 3.63) is 0 Å². The van der Waals surface area contributed by atoms with Crippen LogP contribution in [0.4, 0.5) is 0 Å². The normalized spacial score (nSPS) is 20.6. The van der Waals surface area contributed by atoms with E-state index < -0.39 is 5.41 Å². The standard InChI is InChI=1S/C13H23N3O/c1-11(16(2)3)9-15-12(17)13(10-14)7-5-4-6-8-13/h11H,4-9H2,1-3H3,(H,15,17). The van der Waals surface area contributed by atoms with Gasteiger partial charge in [-0.15, -0.1) is 0 Å². The van der Waals surface area contributed by atoms with Gasteiger partial charge in [0, 0.05) is 12.6 Å². The molecular weight excluding hydrogens is 214 g/mol. The van der Waals surface area contributed by atoms with Crippen molar-refractivity contribution in [2.45, 2.75) is 45.1 Å². The highest BCUT2D eigenvalue weighted by atomic mass is 16.2. The van der Waals surface area contributed by atoms with Gasteiger partial charge in [0.1, 0.15) is 5.41 Å². The van der Waals surface area contributed by atoms with Gasteiger partial charge < -0.3 is 10.2 Å². The fourth-order valence-corrected chi connectivity index (χ4v) is 2.14. The van der Waals surface area contributed by atoms with Gasteiger partial charge in [-0.05, 0) is 33.9 Å². The Balaban J connectivity index is 2.53. The first-order valence-electron chi connectivity index (χ1n) is 6.38. The summed E-state index contributed by atoms with van der Waals surface area (Å²) in [6.07, 6.45) is 4.55. The average Bonchev–Trinajstić information content (AvgIpc) is 2.36. The summed E-state index contributed by atoms with van der Waals surface area (Å²) in [7, 11) is 3.97. The molecule has 0 radical (unpaired) electrons. The smallest absolute Gasteiger partial charge is 0.240 e. The van der Waals surface area contributed by atoms with Gasteiger partial charge in [0.25, 0.3) is 0 Å². The molecule has 1 atom stereocenters. The monoisotopic (exact) mass is 237 g/mol. The maximum atomic E-state index is 12.1. The van der Waals surface area contributed by atoms with Gasteiger partial charge in [-0.1, -0.05) is 19.3 Å². The summed E-state index contributed by atoms with van der Waals surface area (Å²) in [6.45, 7) is 2.66. The summed E-state index contributed by atoms with van der Waals surface area (Å²) in [6, 6.07) is 2.53. The molecule has 4 nitrogen and oxygen atoms in total. The fraction of sp³-hybridized carbons (Fsp3) is 0.846. The number of nitriles is 1. The molecule has 17 heavy (non-hydrogen) atoms. The quantitative estimate of drug-likeness (QED) is 0.806. The van der Waals surface area contributed by atoms with Crippen LogP contribution >= 0.6 is 0 Å². The zero-order chi connectivity index (χ0) is 12.9. The summed E-state index contributed by atoms with van der Waals surface area (Å²) >= 11 is 0. The van der Waals surface area contributed by atoms with Gasteiger partial charge in [0.2, 0.25) is 5.91 Å². The first kappa shape index (κ1) is 14.0. The molecule has 1 amide bonds. The SMILES string of the molecule is CC(CNC(=O)C1(C#N)CCCCC1)N(C)C. The van der Waals surface area contributed by atoms with E-state index in [1.54, 1.807) is 0 Å². The maximum absolute atomic E-state index is 12.1. The van der Waals surface area contributed by atoms with Crippen molar-refractivity contribution in [1.82, 2.24) is 10.2 Å². The van der Waals surface area contributed by atoms with Crippen LogP contribution in [0.25, 0.3) is 0 Å². The van der Waals surface area contributed by atoms with E-state index in [4.69, 9.17) is 0 Å². The highest BCUT2D eigenvalue weighted by Gasteiger charge is 2.39. The second-order valence-electron chi connectivity index (χ2n) is 5.28. The molecule has 1 aliphatic carbocycles. The highest BCUT2D eigenvalue weighted by Crippen LogP contribution is 2.35. The predicted molar refractivity (Wildman–Crippen MR) is 67.3 cm³/mol. The first-order valence-corrected chi connectivity index (χ1v) is 6.38. The molecule has 1 saturated carbocycles. The third kappa shape index (κ3) is 3.44. The second-order valence-corrected chi connectivity index (χ2v) is 5.28. The molecule has 0 aliphatic heterocycles. The van der Waals surface area contributed by atoms with Gasteiger partial charge in [-0.25, -0.2) is 0 Å². The number of hydrogen-bond donors (Lipinski definition) is 1. The lowest BCUT2D eigenvalue weighted by molar-refractivity contribution is -0.129. The Morgan fingerprint density at radius 3 is 2.47 bits per heavy atom. The van der Waals surface area contributed by atoms with Crippen LogP contribution in [0.3, 0.4) is 0 Å². The molecule has 0 aromatic carbocycles. The first-order chi connectivity index (χ1) is 8.02. The van der Waals surface area contributed by atoms with Crippen LogP contribution in [0.5, 0.6) is 0 Å². The lowest BCUT2D eigenvalue weighted by atomic mass is 9.74. The molecular formula is C13H23N3O. The number of nitrogens with one attached hydrogen (secondary N) is 1. The lowest BCUT2D eigenvalue weighted by Gasteiger charge is -2.30. The van der Waals surface area contributed by atoms with Crippen molar-refractivity contribution < 1.29 is 4.79 Å². The van der Waals surface area contributed by atoms with E-state index >= 15 is 0 Å². The Bertz CT molecular complexity index is 300. The molecule has 0 saturated heterocycles. The number of carbonyl (C=O) groups excluding carboxylic acids is 1. The molecule has 0 aromatic heterocycles. The molecule has 1 aliphatic rings. The largest absolute Gasteiger partial charge is 0.353 e. The van der Waals surface area contributed by atoms with Crippen molar-refractivity contribution >= 4 is 5.91 Å². The van der Waals surface area contributed by atoms with Crippen LogP contribution in [0.1, 0.15) is 39.0 Å². The van der Waals surface area contributed by atoms with Crippen LogP contribution in [-0.4, -0.2) is 37.5 Å². The molecule has 0 heterocycles. The predicted octanol–water partition coefficient (Wildman–Crippen LogP) is 1.53. The topological polar surface area (TPSA) is 56.1 Å². The zero-order valence-corrected chi connectivity index (χ0v) is 11.1. The third-order valence-corrected chi connectivity index (χ3v) is 3.80.